The highest BCUT2D eigenvalue weighted by Gasteiger charge is 2.07. The third kappa shape index (κ3) is 1.78. The highest BCUT2D eigenvalue weighted by atomic mass is 16.5. The standard InChI is InChI=1S/C12H10N4O/c13-12-14-11-10(7-4-8-16(11)15-12)17-9-5-2-1-3-6-9/h1-8H,(H2,13,15). The molecule has 3 aromatic rings. The number of nitrogens with zero attached hydrogens (tertiary/aromatic N) is 3. The number of ether oxygens (including phenoxy) is 1. The molecule has 0 unspecified atom stereocenters. The number of anilines is 1. The SMILES string of the molecule is Nc1nc2c(Oc3ccccc3)cccn2n1. The summed E-state index contributed by atoms with van der Waals surface area (Å²) < 4.78 is 7.32. The fourth-order valence-corrected chi connectivity index (χ4v) is 1.59. The molecule has 2 N–H and O–H groups in total. The number of hydrogen-bond acceptors (Lipinski definition) is 4. The van der Waals surface area contributed by atoms with E-state index in [0.29, 0.717) is 11.4 Å². The van der Waals surface area contributed by atoms with Crippen LogP contribution in [0.3, 0.4) is 0 Å². The van der Waals surface area contributed by atoms with Crippen LogP contribution in [0, 0.1) is 0 Å². The first kappa shape index (κ1) is 9.65. The number of nitrogens with two attached hydrogens (primary N) is 1. The van der Waals surface area contributed by atoms with Crippen LogP contribution in [0.2, 0.25) is 0 Å². The van der Waals surface area contributed by atoms with E-state index in [1.54, 1.807) is 10.7 Å². The van der Waals surface area contributed by atoms with Gasteiger partial charge in [-0.1, -0.05) is 18.2 Å². The molecule has 0 spiro atoms. The van der Waals surface area contributed by atoms with Gasteiger partial charge >= 0.3 is 0 Å². The zero-order valence-corrected chi connectivity index (χ0v) is 8.95. The Balaban J connectivity index is 2.06. The molecule has 0 atom stereocenters. The van der Waals surface area contributed by atoms with Gasteiger partial charge in [-0.2, -0.15) is 4.98 Å². The predicted octanol–water partition coefficient (Wildman–Crippen LogP) is 2.10. The van der Waals surface area contributed by atoms with Gasteiger partial charge in [-0.15, -0.1) is 5.10 Å². The van der Waals surface area contributed by atoms with Crippen LogP contribution in [0.4, 0.5) is 5.95 Å². The molecule has 0 aliphatic rings. The summed E-state index contributed by atoms with van der Waals surface area (Å²) in [6.45, 7) is 0. The van der Waals surface area contributed by atoms with E-state index in [0.717, 1.165) is 5.75 Å². The monoisotopic (exact) mass is 226 g/mol. The Hall–Kier alpha value is -2.56. The summed E-state index contributed by atoms with van der Waals surface area (Å²) in [5.74, 6) is 1.61. The average Bonchev–Trinajstić information content (AvgIpc) is 2.72. The fourth-order valence-electron chi connectivity index (χ4n) is 1.59. The molecule has 0 bridgehead atoms. The lowest BCUT2D eigenvalue weighted by atomic mass is 10.3. The molecule has 0 radical (unpaired) electrons. The number of rotatable bonds is 2. The normalized spacial score (nSPS) is 10.6. The summed E-state index contributed by atoms with van der Waals surface area (Å²) in [6, 6.07) is 13.2. The van der Waals surface area contributed by atoms with Gasteiger partial charge in [0.25, 0.3) is 0 Å². The molecule has 3 rings (SSSR count). The molecule has 2 heterocycles. The third-order valence-electron chi connectivity index (χ3n) is 2.31. The van der Waals surface area contributed by atoms with E-state index in [2.05, 4.69) is 10.1 Å². The number of nitrogen functional groups attached to an aromatic ring is 1. The minimum atomic E-state index is 0.231. The van der Waals surface area contributed by atoms with Crippen molar-refractivity contribution in [3.63, 3.8) is 0 Å². The first-order valence-electron chi connectivity index (χ1n) is 5.17. The predicted molar refractivity (Wildman–Crippen MR) is 63.9 cm³/mol. The van der Waals surface area contributed by atoms with Crippen molar-refractivity contribution in [2.24, 2.45) is 0 Å². The van der Waals surface area contributed by atoms with Crippen molar-refractivity contribution in [2.75, 3.05) is 5.73 Å². The van der Waals surface area contributed by atoms with Crippen LogP contribution in [-0.2, 0) is 0 Å². The molecular formula is C12H10N4O. The summed E-state index contributed by atoms with van der Waals surface area (Å²) in [4.78, 5) is 4.11. The second-order valence-corrected chi connectivity index (χ2v) is 3.53. The molecule has 0 saturated carbocycles. The Morgan fingerprint density at radius 1 is 1.06 bits per heavy atom. The van der Waals surface area contributed by atoms with Gasteiger partial charge in [0.2, 0.25) is 5.95 Å². The topological polar surface area (TPSA) is 65.4 Å². The first-order valence-corrected chi connectivity index (χ1v) is 5.17. The van der Waals surface area contributed by atoms with Gasteiger partial charge in [-0.25, -0.2) is 4.52 Å². The van der Waals surface area contributed by atoms with Crippen molar-refractivity contribution in [3.05, 3.63) is 48.7 Å². The van der Waals surface area contributed by atoms with E-state index in [9.17, 15) is 0 Å². The summed E-state index contributed by atoms with van der Waals surface area (Å²) in [7, 11) is 0. The van der Waals surface area contributed by atoms with Crippen molar-refractivity contribution >= 4 is 11.6 Å². The second kappa shape index (κ2) is 3.79. The Labute approximate surface area is 97.5 Å². The zero-order valence-electron chi connectivity index (χ0n) is 8.95. The molecule has 2 aromatic heterocycles. The molecule has 0 amide bonds. The number of fused-ring (bicyclic) bond motifs is 1. The summed E-state index contributed by atoms with van der Waals surface area (Å²) in [5.41, 5.74) is 6.16. The van der Waals surface area contributed by atoms with Gasteiger partial charge in [-0.05, 0) is 24.3 Å². The highest BCUT2D eigenvalue weighted by molar-refractivity contribution is 5.56. The number of para-hydroxylation sites is 1. The minimum absolute atomic E-state index is 0.231. The van der Waals surface area contributed by atoms with E-state index in [1.165, 1.54) is 0 Å². The lowest BCUT2D eigenvalue weighted by Gasteiger charge is -2.05. The maximum atomic E-state index is 5.73. The van der Waals surface area contributed by atoms with Gasteiger partial charge in [-0.3, -0.25) is 0 Å². The zero-order chi connectivity index (χ0) is 11.7. The number of hydrogen-bond donors (Lipinski definition) is 1. The number of aromatic nitrogens is 3. The molecule has 5 nitrogen and oxygen atoms in total. The number of pyridine rings is 1. The van der Waals surface area contributed by atoms with Gasteiger partial charge in [0.05, 0.1) is 0 Å². The van der Waals surface area contributed by atoms with E-state index in [1.807, 2.05) is 42.5 Å². The largest absolute Gasteiger partial charge is 0.453 e. The van der Waals surface area contributed by atoms with E-state index in [4.69, 9.17) is 10.5 Å². The molecule has 0 aliphatic carbocycles. The maximum Gasteiger partial charge on any atom is 0.240 e. The second-order valence-electron chi connectivity index (χ2n) is 3.53. The lowest BCUT2D eigenvalue weighted by Crippen LogP contribution is -1.91. The van der Waals surface area contributed by atoms with Gasteiger partial charge in [0, 0.05) is 6.20 Å². The third-order valence-corrected chi connectivity index (χ3v) is 2.31. The van der Waals surface area contributed by atoms with Crippen molar-refractivity contribution in [2.45, 2.75) is 0 Å². The van der Waals surface area contributed by atoms with E-state index < -0.39 is 0 Å². The summed E-state index contributed by atoms with van der Waals surface area (Å²) >= 11 is 0. The molecule has 0 fully saturated rings. The number of benzene rings is 1. The lowest BCUT2D eigenvalue weighted by molar-refractivity contribution is 0.484. The molecule has 84 valence electrons. The van der Waals surface area contributed by atoms with Gasteiger partial charge < -0.3 is 10.5 Å². The quantitative estimate of drug-likeness (QED) is 0.726. The Bertz CT molecular complexity index is 648. The first-order chi connectivity index (χ1) is 8.33. The van der Waals surface area contributed by atoms with Crippen LogP contribution in [0.25, 0.3) is 5.65 Å². The Kier molecular flexibility index (Phi) is 2.15. The van der Waals surface area contributed by atoms with E-state index in [-0.39, 0.29) is 5.95 Å². The van der Waals surface area contributed by atoms with Gasteiger partial charge in [0.15, 0.2) is 11.4 Å². The molecular weight excluding hydrogens is 216 g/mol. The molecule has 17 heavy (non-hydrogen) atoms. The maximum absolute atomic E-state index is 5.73. The van der Waals surface area contributed by atoms with Crippen molar-refractivity contribution in [3.8, 4) is 11.5 Å². The van der Waals surface area contributed by atoms with Gasteiger partial charge in [0.1, 0.15) is 5.75 Å². The van der Waals surface area contributed by atoms with Crippen molar-refractivity contribution in [1.82, 2.24) is 14.6 Å². The highest BCUT2D eigenvalue weighted by Crippen LogP contribution is 2.24. The summed E-state index contributed by atoms with van der Waals surface area (Å²) in [6.07, 6.45) is 1.77. The Morgan fingerprint density at radius 3 is 2.71 bits per heavy atom. The van der Waals surface area contributed by atoms with Crippen LogP contribution >= 0.6 is 0 Å². The van der Waals surface area contributed by atoms with Crippen LogP contribution in [-0.4, -0.2) is 14.6 Å². The smallest absolute Gasteiger partial charge is 0.240 e. The molecule has 5 heteroatoms. The molecule has 0 saturated heterocycles. The van der Waals surface area contributed by atoms with E-state index >= 15 is 0 Å². The van der Waals surface area contributed by atoms with Crippen molar-refractivity contribution < 1.29 is 4.74 Å². The molecule has 1 aromatic carbocycles. The fraction of sp³-hybridized carbons (Fsp3) is 0. The average molecular weight is 226 g/mol. The minimum Gasteiger partial charge on any atom is -0.453 e. The molecule has 0 aliphatic heterocycles. The Morgan fingerprint density at radius 2 is 1.88 bits per heavy atom. The van der Waals surface area contributed by atoms with Crippen LogP contribution in [0.1, 0.15) is 0 Å². The van der Waals surface area contributed by atoms with Crippen molar-refractivity contribution in [1.29, 1.82) is 0 Å². The summed E-state index contributed by atoms with van der Waals surface area (Å²) in [5, 5.41) is 4.02. The van der Waals surface area contributed by atoms with Crippen LogP contribution in [0.5, 0.6) is 11.5 Å². The van der Waals surface area contributed by atoms with Crippen LogP contribution < -0.4 is 10.5 Å². The van der Waals surface area contributed by atoms with Crippen LogP contribution in [0.15, 0.2) is 48.7 Å².